The van der Waals surface area contributed by atoms with Crippen molar-refractivity contribution in [1.29, 1.82) is 0 Å². The number of rotatable bonds is 5. The zero-order valence-electron chi connectivity index (χ0n) is 32.6. The Bertz CT molecular complexity index is 2800. The molecule has 0 fully saturated rings. The van der Waals surface area contributed by atoms with Crippen LogP contribution in [-0.4, -0.2) is 9.97 Å². The van der Waals surface area contributed by atoms with Crippen molar-refractivity contribution < 1.29 is 19.5 Å². The summed E-state index contributed by atoms with van der Waals surface area (Å²) in [5.41, 5.74) is 18.9. The normalized spacial score (nSPS) is 12.2. The molecule has 0 atom stereocenters. The van der Waals surface area contributed by atoms with Gasteiger partial charge in [-0.15, -0.1) is 22.1 Å². The van der Waals surface area contributed by atoms with E-state index in [0.29, 0.717) is 0 Å². The van der Waals surface area contributed by atoms with Crippen molar-refractivity contribution >= 4 is 46.4 Å². The second kappa shape index (κ2) is 15.0. The molecule has 2 aliphatic rings. The SMILES string of the molecule is CCc1ccc(-c2c3nc(c(-c4ccccc4)c4ccc([n-]4)c(-c4ccc(C)cc4)c4nc(c(-c5ccc(C(C)(C)C)cc5)c5ccc2[n-]5)C=C4)C=C3)cc1.[Zn+2]. The standard InChI is InChI=1S/C51H42N4.Zn/c1-6-33-14-18-36(19-15-33)49-43-27-25-40(53-43)47(34-10-8-7-9-11-34)39-24-26-41(52-39)48(35-16-12-32(2)13-17-35)42-28-30-45(54-42)50(46-31-29-44(49)55-46)37-20-22-38(23-21-37)51(3,4)5;/h7-31H,6H2,1-5H3;/q-2;+2. The monoisotopic (exact) mass is 774 g/mol. The topological polar surface area (TPSA) is 54.0 Å². The van der Waals surface area contributed by atoms with Crippen LogP contribution in [-0.2, 0) is 31.3 Å². The van der Waals surface area contributed by atoms with Crippen LogP contribution >= 0.6 is 0 Å². The Morgan fingerprint density at radius 3 is 1.18 bits per heavy atom. The number of hydrogen-bond acceptors (Lipinski definition) is 2. The van der Waals surface area contributed by atoms with Gasteiger partial charge in [-0.25, -0.2) is 9.97 Å². The molecular weight excluding hydrogens is 734 g/mol. The van der Waals surface area contributed by atoms with Crippen molar-refractivity contribution in [3.8, 4) is 44.5 Å². The Labute approximate surface area is 341 Å². The minimum absolute atomic E-state index is 0. The van der Waals surface area contributed by atoms with Gasteiger partial charge in [-0.05, 0) is 98.7 Å². The van der Waals surface area contributed by atoms with Crippen LogP contribution in [0.4, 0.5) is 0 Å². The third-order valence-corrected chi connectivity index (χ3v) is 10.7. The maximum Gasteiger partial charge on any atom is 2.00 e. The van der Waals surface area contributed by atoms with Gasteiger partial charge in [0.25, 0.3) is 0 Å². The summed E-state index contributed by atoms with van der Waals surface area (Å²) in [5.74, 6) is 0. The van der Waals surface area contributed by atoms with E-state index in [1.807, 2.05) is 6.07 Å². The Hall–Kier alpha value is -5.90. The fourth-order valence-electron chi connectivity index (χ4n) is 7.64. The first-order chi connectivity index (χ1) is 26.7. The number of aromatic nitrogens is 4. The summed E-state index contributed by atoms with van der Waals surface area (Å²) in [7, 11) is 0. The Morgan fingerprint density at radius 2 is 0.804 bits per heavy atom. The van der Waals surface area contributed by atoms with Crippen LogP contribution in [0.25, 0.3) is 90.9 Å². The van der Waals surface area contributed by atoms with Crippen molar-refractivity contribution in [3.63, 3.8) is 0 Å². The first-order valence-corrected chi connectivity index (χ1v) is 19.1. The maximum atomic E-state index is 5.43. The zero-order valence-corrected chi connectivity index (χ0v) is 35.6. The van der Waals surface area contributed by atoms with Crippen molar-refractivity contribution in [2.24, 2.45) is 0 Å². The average Bonchev–Trinajstić information content (AvgIpc) is 4.04. The third kappa shape index (κ3) is 6.93. The van der Waals surface area contributed by atoms with Gasteiger partial charge in [0.2, 0.25) is 0 Å². The fraction of sp³-hybridized carbons (Fsp3) is 0.137. The van der Waals surface area contributed by atoms with Gasteiger partial charge < -0.3 is 9.97 Å². The van der Waals surface area contributed by atoms with Crippen LogP contribution in [0.15, 0.2) is 127 Å². The van der Waals surface area contributed by atoms with E-state index in [9.17, 15) is 0 Å². The second-order valence-corrected chi connectivity index (χ2v) is 15.5. The maximum absolute atomic E-state index is 5.43. The van der Waals surface area contributed by atoms with E-state index in [4.69, 9.17) is 19.9 Å². The Morgan fingerprint density at radius 1 is 0.446 bits per heavy atom. The largest absolute Gasteiger partial charge is 2.00 e. The van der Waals surface area contributed by atoms with Gasteiger partial charge in [0, 0.05) is 0 Å². The zero-order chi connectivity index (χ0) is 37.7. The molecule has 9 rings (SSSR count). The van der Waals surface area contributed by atoms with Gasteiger partial charge in [0.15, 0.2) is 0 Å². The predicted molar refractivity (Wildman–Crippen MR) is 231 cm³/mol. The number of fused-ring (bicyclic) bond motifs is 8. The summed E-state index contributed by atoms with van der Waals surface area (Å²) < 4.78 is 0. The molecule has 0 N–H and O–H groups in total. The summed E-state index contributed by atoms with van der Waals surface area (Å²) >= 11 is 0. The molecule has 0 saturated heterocycles. The van der Waals surface area contributed by atoms with Gasteiger partial charge in [-0.1, -0.05) is 161 Å². The molecule has 3 aromatic heterocycles. The summed E-state index contributed by atoms with van der Waals surface area (Å²) in [6, 6.07) is 45.3. The van der Waals surface area contributed by atoms with Gasteiger partial charge in [0.05, 0.1) is 22.8 Å². The van der Waals surface area contributed by atoms with E-state index in [0.717, 1.165) is 95.8 Å². The smallest absolute Gasteiger partial charge is 0.657 e. The first-order valence-electron chi connectivity index (χ1n) is 19.1. The van der Waals surface area contributed by atoms with Gasteiger partial charge >= 0.3 is 19.5 Å². The molecule has 0 saturated carbocycles. The van der Waals surface area contributed by atoms with Crippen molar-refractivity contribution in [2.45, 2.75) is 46.5 Å². The predicted octanol–water partition coefficient (Wildman–Crippen LogP) is 12.7. The Balaban J connectivity index is 0.00000441. The second-order valence-electron chi connectivity index (χ2n) is 15.5. The van der Waals surface area contributed by atoms with Crippen LogP contribution in [0.1, 0.15) is 67.2 Å². The van der Waals surface area contributed by atoms with E-state index in [2.05, 4.69) is 180 Å². The molecular formula is C51H42N4Zn. The molecule has 0 spiro atoms. The van der Waals surface area contributed by atoms with Crippen molar-refractivity contribution in [3.05, 3.63) is 167 Å². The number of hydrogen-bond donors (Lipinski definition) is 0. The molecule has 0 radical (unpaired) electrons. The fourth-order valence-corrected chi connectivity index (χ4v) is 7.64. The van der Waals surface area contributed by atoms with E-state index in [-0.39, 0.29) is 24.9 Å². The molecule has 268 valence electrons. The van der Waals surface area contributed by atoms with E-state index >= 15 is 0 Å². The first kappa shape index (κ1) is 37.0. The van der Waals surface area contributed by atoms with E-state index < -0.39 is 0 Å². The molecule has 0 aliphatic carbocycles. The van der Waals surface area contributed by atoms with Gasteiger partial charge in [0.1, 0.15) is 0 Å². The minimum Gasteiger partial charge on any atom is -0.657 e. The van der Waals surface area contributed by atoms with Crippen LogP contribution in [0.3, 0.4) is 0 Å². The Kier molecular flexibility index (Phi) is 9.91. The summed E-state index contributed by atoms with van der Waals surface area (Å²) in [6.45, 7) is 11.0. The van der Waals surface area contributed by atoms with Gasteiger partial charge in [-0.2, -0.15) is 0 Å². The van der Waals surface area contributed by atoms with Crippen molar-refractivity contribution in [2.75, 3.05) is 0 Å². The van der Waals surface area contributed by atoms with Crippen molar-refractivity contribution in [1.82, 2.24) is 19.9 Å². The van der Waals surface area contributed by atoms with Crippen LogP contribution in [0, 0.1) is 6.92 Å². The molecule has 4 nitrogen and oxygen atoms in total. The molecule has 0 unspecified atom stereocenters. The number of benzene rings is 4. The molecule has 0 amide bonds. The molecule has 56 heavy (non-hydrogen) atoms. The number of nitrogens with zero attached hydrogens (tertiary/aromatic N) is 4. The number of aryl methyl sites for hydroxylation is 2. The van der Waals surface area contributed by atoms with Crippen LogP contribution < -0.4 is 9.97 Å². The summed E-state index contributed by atoms with van der Waals surface area (Å²) in [4.78, 5) is 21.6. The minimum atomic E-state index is 0. The quantitative estimate of drug-likeness (QED) is 0.163. The third-order valence-electron chi connectivity index (χ3n) is 10.7. The molecule has 5 heterocycles. The van der Waals surface area contributed by atoms with E-state index in [1.165, 1.54) is 16.7 Å². The van der Waals surface area contributed by atoms with Crippen LogP contribution in [0.2, 0.25) is 0 Å². The molecule has 7 aromatic rings. The summed E-state index contributed by atoms with van der Waals surface area (Å²) in [6.07, 6.45) is 9.48. The molecule has 4 aromatic carbocycles. The molecule has 8 bridgehead atoms. The summed E-state index contributed by atoms with van der Waals surface area (Å²) in [5, 5.41) is 0. The molecule has 5 heteroatoms. The van der Waals surface area contributed by atoms with Gasteiger partial charge in [-0.3, -0.25) is 0 Å². The average molecular weight is 776 g/mol. The molecule has 2 aliphatic heterocycles. The van der Waals surface area contributed by atoms with Crippen LogP contribution in [0.5, 0.6) is 0 Å². The van der Waals surface area contributed by atoms with E-state index in [1.54, 1.807) is 0 Å².